The summed E-state index contributed by atoms with van der Waals surface area (Å²) in [6.07, 6.45) is 16.2. The number of fused-ring (bicyclic) bond motifs is 2. The maximum Gasteiger partial charge on any atom is 0.262 e. The van der Waals surface area contributed by atoms with Gasteiger partial charge >= 0.3 is 0 Å². The Morgan fingerprint density at radius 2 is 1.66 bits per heavy atom. The second kappa shape index (κ2) is 9.43. The van der Waals surface area contributed by atoms with Crippen LogP contribution >= 0.6 is 23.1 Å². The largest absolute Gasteiger partial charge is 0.262 e. The van der Waals surface area contributed by atoms with Crippen LogP contribution in [0.2, 0.25) is 0 Å². The van der Waals surface area contributed by atoms with Gasteiger partial charge in [-0.1, -0.05) is 96.8 Å². The predicted molar refractivity (Wildman–Crippen MR) is 128 cm³/mol. The Morgan fingerprint density at radius 1 is 0.897 bits per heavy atom. The first kappa shape index (κ1) is 19.9. The summed E-state index contributed by atoms with van der Waals surface area (Å²) in [6, 6.07) is 17.4. The third-order valence-electron chi connectivity index (χ3n) is 5.17. The van der Waals surface area contributed by atoms with Crippen LogP contribution in [-0.2, 0) is 6.54 Å². The lowest BCUT2D eigenvalue weighted by molar-refractivity contribution is -0.665. The van der Waals surface area contributed by atoms with Crippen molar-refractivity contribution in [3.8, 4) is 0 Å². The van der Waals surface area contributed by atoms with Gasteiger partial charge < -0.3 is 0 Å². The van der Waals surface area contributed by atoms with E-state index >= 15 is 0 Å². The van der Waals surface area contributed by atoms with Gasteiger partial charge in [-0.25, -0.2) is 0 Å². The fraction of sp³-hybridized carbons (Fsp3) is 0.192. The molecule has 1 aliphatic rings. The van der Waals surface area contributed by atoms with E-state index in [9.17, 15) is 0 Å². The number of aryl methyl sites for hydroxylation is 1. The van der Waals surface area contributed by atoms with E-state index in [2.05, 4.69) is 109 Å². The first-order chi connectivity index (χ1) is 14.3. The zero-order valence-electron chi connectivity index (χ0n) is 16.9. The highest BCUT2D eigenvalue weighted by Crippen LogP contribution is 2.49. The number of aromatic nitrogens is 1. The molecule has 146 valence electrons. The molecule has 1 aromatic heterocycles. The molecule has 1 atom stereocenters. The molecule has 1 nitrogen and oxygen atoms in total. The molecule has 0 saturated heterocycles. The smallest absolute Gasteiger partial charge is 0.182 e. The van der Waals surface area contributed by atoms with Crippen molar-refractivity contribution in [2.24, 2.45) is 0 Å². The van der Waals surface area contributed by atoms with Crippen molar-refractivity contribution in [2.75, 3.05) is 0 Å². The Hall–Kier alpha value is -2.36. The normalized spacial score (nSPS) is 18.1. The van der Waals surface area contributed by atoms with E-state index in [0.717, 1.165) is 13.0 Å². The van der Waals surface area contributed by atoms with Crippen molar-refractivity contribution >= 4 is 39.4 Å². The second-order valence-corrected chi connectivity index (χ2v) is 9.13. The van der Waals surface area contributed by atoms with Crippen LogP contribution < -0.4 is 4.57 Å². The van der Waals surface area contributed by atoms with Crippen LogP contribution in [0, 0.1) is 0 Å². The van der Waals surface area contributed by atoms with Gasteiger partial charge in [0.25, 0.3) is 5.01 Å². The summed E-state index contributed by atoms with van der Waals surface area (Å²) in [5, 5.41) is 1.29. The minimum atomic E-state index is 0.544. The molecule has 0 N–H and O–H groups in total. The molecule has 0 spiro atoms. The highest BCUT2D eigenvalue weighted by Gasteiger charge is 2.25. The predicted octanol–water partition coefficient (Wildman–Crippen LogP) is 7.52. The minimum absolute atomic E-state index is 0.544. The van der Waals surface area contributed by atoms with Gasteiger partial charge in [0, 0.05) is 23.0 Å². The molecule has 3 heteroatoms. The van der Waals surface area contributed by atoms with Gasteiger partial charge in [-0.3, -0.25) is 0 Å². The van der Waals surface area contributed by atoms with Gasteiger partial charge in [0.05, 0.1) is 0 Å². The number of para-hydroxylation sites is 1. The number of thioether (sulfide) groups is 1. The van der Waals surface area contributed by atoms with Crippen LogP contribution in [0.5, 0.6) is 0 Å². The molecule has 1 unspecified atom stereocenters. The van der Waals surface area contributed by atoms with E-state index in [1.807, 2.05) is 23.1 Å². The highest BCUT2D eigenvalue weighted by molar-refractivity contribution is 8.03. The van der Waals surface area contributed by atoms with E-state index in [4.69, 9.17) is 0 Å². The quantitative estimate of drug-likeness (QED) is 0.297. The summed E-state index contributed by atoms with van der Waals surface area (Å²) in [4.78, 5) is 2.85. The maximum absolute atomic E-state index is 2.37. The summed E-state index contributed by atoms with van der Waals surface area (Å²) in [5.41, 5.74) is 2.79. The fourth-order valence-electron chi connectivity index (χ4n) is 3.77. The second-order valence-electron chi connectivity index (χ2n) is 6.95. The Morgan fingerprint density at radius 3 is 2.52 bits per heavy atom. The molecule has 0 amide bonds. The molecule has 3 aromatic rings. The lowest BCUT2D eigenvalue weighted by Crippen LogP contribution is -2.33. The van der Waals surface area contributed by atoms with Crippen LogP contribution in [0.4, 0.5) is 0 Å². The van der Waals surface area contributed by atoms with E-state index in [0.29, 0.717) is 5.92 Å². The van der Waals surface area contributed by atoms with Gasteiger partial charge in [-0.2, -0.15) is 4.57 Å². The van der Waals surface area contributed by atoms with E-state index in [1.54, 1.807) is 0 Å². The zero-order chi connectivity index (χ0) is 20.1. The Kier molecular flexibility index (Phi) is 6.48. The van der Waals surface area contributed by atoms with Crippen LogP contribution in [0.15, 0.2) is 94.8 Å². The standard InChI is InChI=1S/C26H26NS2/c1-3-20-21-14-10-12-17-24(21)28-23(20)16-8-6-5-7-9-19-26-27(4-2)22-15-11-13-18-25(22)29-26/h5-20H,3-4H2,1-2H3/q+1/b7-5+,8-6+,19-9+,23-16-. The molecule has 4 rings (SSSR count). The number of benzene rings is 2. The lowest BCUT2D eigenvalue weighted by atomic mass is 9.96. The zero-order valence-corrected chi connectivity index (χ0v) is 18.5. The SMILES string of the molecule is CCC1/C(=C/C=C/C=C/C=C/c2sc3ccccc3[n+]2CC)Sc2ccccc21. The van der Waals surface area contributed by atoms with Gasteiger partial charge in [-0.15, -0.1) is 0 Å². The average molecular weight is 417 g/mol. The molecule has 0 saturated carbocycles. The molecule has 0 aliphatic carbocycles. The number of rotatable bonds is 6. The molecule has 2 heterocycles. The summed E-state index contributed by atoms with van der Waals surface area (Å²) in [6.45, 7) is 5.46. The summed E-state index contributed by atoms with van der Waals surface area (Å²) in [5.74, 6) is 0.544. The number of thiazole rings is 1. The molecule has 0 bridgehead atoms. The Balaban J connectivity index is 1.41. The summed E-state index contributed by atoms with van der Waals surface area (Å²) in [7, 11) is 0. The lowest BCUT2D eigenvalue weighted by Gasteiger charge is -2.08. The van der Waals surface area contributed by atoms with Crippen molar-refractivity contribution in [1.82, 2.24) is 0 Å². The Bertz CT molecular complexity index is 1110. The van der Waals surface area contributed by atoms with E-state index in [1.165, 1.54) is 30.6 Å². The number of hydrogen-bond acceptors (Lipinski definition) is 2. The van der Waals surface area contributed by atoms with E-state index in [-0.39, 0.29) is 0 Å². The summed E-state index contributed by atoms with van der Waals surface area (Å²) < 4.78 is 3.70. The monoisotopic (exact) mass is 416 g/mol. The molecule has 1 aliphatic heterocycles. The molecular formula is C26H26NS2+. The van der Waals surface area contributed by atoms with Crippen LogP contribution in [0.3, 0.4) is 0 Å². The first-order valence-corrected chi connectivity index (χ1v) is 11.8. The number of allylic oxidation sites excluding steroid dienone is 7. The first-order valence-electron chi connectivity index (χ1n) is 10.2. The van der Waals surface area contributed by atoms with Crippen LogP contribution in [0.1, 0.15) is 36.8 Å². The van der Waals surface area contributed by atoms with Crippen molar-refractivity contribution in [3.05, 3.63) is 100 Å². The number of nitrogens with zero attached hydrogens (tertiary/aromatic N) is 1. The molecule has 0 radical (unpaired) electrons. The summed E-state index contributed by atoms with van der Waals surface area (Å²) >= 11 is 3.75. The van der Waals surface area contributed by atoms with E-state index < -0.39 is 0 Å². The average Bonchev–Trinajstić information content (AvgIpc) is 3.29. The molecule has 2 aromatic carbocycles. The van der Waals surface area contributed by atoms with Crippen LogP contribution in [0.25, 0.3) is 16.3 Å². The van der Waals surface area contributed by atoms with Crippen LogP contribution in [-0.4, -0.2) is 0 Å². The third-order valence-corrected chi connectivity index (χ3v) is 7.55. The van der Waals surface area contributed by atoms with Gasteiger partial charge in [0.1, 0.15) is 11.2 Å². The maximum atomic E-state index is 2.37. The van der Waals surface area contributed by atoms with Crippen molar-refractivity contribution < 1.29 is 4.57 Å². The Labute approximate surface area is 181 Å². The van der Waals surface area contributed by atoms with Gasteiger partial charge in [-0.05, 0) is 35.9 Å². The van der Waals surface area contributed by atoms with Crippen molar-refractivity contribution in [3.63, 3.8) is 0 Å². The molecule has 0 fully saturated rings. The van der Waals surface area contributed by atoms with Gasteiger partial charge in [0.15, 0.2) is 0 Å². The minimum Gasteiger partial charge on any atom is -0.182 e. The number of hydrogen-bond donors (Lipinski definition) is 0. The van der Waals surface area contributed by atoms with Crippen molar-refractivity contribution in [1.29, 1.82) is 0 Å². The highest BCUT2D eigenvalue weighted by atomic mass is 32.2. The fourth-order valence-corrected chi connectivity index (χ4v) is 6.22. The molecular weight excluding hydrogens is 390 g/mol. The van der Waals surface area contributed by atoms with Gasteiger partial charge in [0.2, 0.25) is 5.52 Å². The third kappa shape index (κ3) is 4.31. The topological polar surface area (TPSA) is 3.88 Å². The van der Waals surface area contributed by atoms with Crippen molar-refractivity contribution in [2.45, 2.75) is 37.6 Å². The molecule has 29 heavy (non-hydrogen) atoms.